The molecule has 0 bridgehead atoms. The van der Waals surface area contributed by atoms with Crippen molar-refractivity contribution in [1.29, 1.82) is 0 Å². The summed E-state index contributed by atoms with van der Waals surface area (Å²) < 4.78 is 2.50. The molecule has 0 radical (unpaired) electrons. The van der Waals surface area contributed by atoms with Crippen LogP contribution in [0.5, 0.6) is 0 Å². The van der Waals surface area contributed by atoms with E-state index >= 15 is 0 Å². The van der Waals surface area contributed by atoms with E-state index in [9.17, 15) is 5.11 Å². The molecule has 1 aromatic rings. The lowest BCUT2D eigenvalue weighted by Crippen LogP contribution is -1.98. The minimum atomic E-state index is -0.513. The van der Waals surface area contributed by atoms with Crippen LogP contribution < -0.4 is 0 Å². The van der Waals surface area contributed by atoms with Gasteiger partial charge in [0.15, 0.2) is 0 Å². The molecular formula is C9H13BrN2O. The number of nitrogens with zero attached hydrogens (tertiary/aromatic N) is 2. The smallest absolute Gasteiger partial charge is 0.109 e. The first-order valence-electron chi connectivity index (χ1n) is 4.02. The number of aliphatic hydroxyl groups excluding tert-OH is 1. The monoisotopic (exact) mass is 244 g/mol. The van der Waals surface area contributed by atoms with Gasteiger partial charge in [-0.15, -0.1) is 6.58 Å². The van der Waals surface area contributed by atoms with Gasteiger partial charge in [0.2, 0.25) is 0 Å². The highest BCUT2D eigenvalue weighted by molar-refractivity contribution is 9.10. The van der Waals surface area contributed by atoms with Crippen molar-refractivity contribution in [2.24, 2.45) is 7.05 Å². The summed E-state index contributed by atoms with van der Waals surface area (Å²) >= 11 is 3.35. The van der Waals surface area contributed by atoms with Crippen molar-refractivity contribution in [1.82, 2.24) is 9.78 Å². The van der Waals surface area contributed by atoms with Crippen LogP contribution in [0.2, 0.25) is 0 Å². The first-order chi connectivity index (χ1) is 6.02. The zero-order valence-corrected chi connectivity index (χ0v) is 9.37. The second-order valence-corrected chi connectivity index (χ2v) is 3.94. The van der Waals surface area contributed by atoms with Crippen molar-refractivity contribution in [3.8, 4) is 0 Å². The molecule has 1 unspecified atom stereocenters. The highest BCUT2D eigenvalue weighted by Crippen LogP contribution is 2.26. The molecule has 3 nitrogen and oxygen atoms in total. The van der Waals surface area contributed by atoms with Crippen molar-refractivity contribution in [2.75, 3.05) is 0 Å². The quantitative estimate of drug-likeness (QED) is 0.829. The van der Waals surface area contributed by atoms with Crippen LogP contribution >= 0.6 is 15.9 Å². The van der Waals surface area contributed by atoms with E-state index in [4.69, 9.17) is 0 Å². The first-order valence-corrected chi connectivity index (χ1v) is 4.81. The van der Waals surface area contributed by atoms with E-state index in [0.29, 0.717) is 6.42 Å². The van der Waals surface area contributed by atoms with Crippen molar-refractivity contribution in [3.05, 3.63) is 28.5 Å². The molecule has 72 valence electrons. The second kappa shape index (κ2) is 4.07. The second-order valence-electron chi connectivity index (χ2n) is 3.19. The Morgan fingerprint density at radius 3 is 2.85 bits per heavy atom. The first kappa shape index (κ1) is 10.5. The number of halogens is 1. The van der Waals surface area contributed by atoms with Crippen LogP contribution in [0, 0.1) is 0 Å². The molecule has 0 aliphatic heterocycles. The summed E-state index contributed by atoms with van der Waals surface area (Å²) in [7, 11) is 1.82. The predicted octanol–water partition coefficient (Wildman–Crippen LogP) is 2.18. The average Bonchev–Trinajstić information content (AvgIpc) is 2.31. The van der Waals surface area contributed by atoms with Gasteiger partial charge in [0, 0.05) is 12.6 Å². The van der Waals surface area contributed by atoms with E-state index in [-0.39, 0.29) is 0 Å². The SMILES string of the molecule is C=C(C)CC(O)c1cnn(C)c1Br. The number of hydrogen-bond donors (Lipinski definition) is 1. The van der Waals surface area contributed by atoms with Gasteiger partial charge < -0.3 is 5.11 Å². The molecule has 0 spiro atoms. The highest BCUT2D eigenvalue weighted by atomic mass is 79.9. The zero-order chi connectivity index (χ0) is 10.0. The lowest BCUT2D eigenvalue weighted by molar-refractivity contribution is 0.177. The predicted molar refractivity (Wildman–Crippen MR) is 55.3 cm³/mol. The van der Waals surface area contributed by atoms with Gasteiger partial charge in [0.25, 0.3) is 0 Å². The largest absolute Gasteiger partial charge is 0.388 e. The summed E-state index contributed by atoms with van der Waals surface area (Å²) in [4.78, 5) is 0. The van der Waals surface area contributed by atoms with Crippen LogP contribution in [-0.4, -0.2) is 14.9 Å². The Morgan fingerprint density at radius 2 is 2.46 bits per heavy atom. The molecule has 1 atom stereocenters. The Bertz CT molecular complexity index is 319. The van der Waals surface area contributed by atoms with E-state index in [1.807, 2.05) is 14.0 Å². The summed E-state index contributed by atoms with van der Waals surface area (Å²) in [5, 5.41) is 13.8. The van der Waals surface area contributed by atoms with Gasteiger partial charge in [0.1, 0.15) is 4.60 Å². The fourth-order valence-electron chi connectivity index (χ4n) is 1.10. The molecule has 13 heavy (non-hydrogen) atoms. The number of aryl methyl sites for hydroxylation is 1. The van der Waals surface area contributed by atoms with E-state index in [2.05, 4.69) is 27.6 Å². The molecule has 4 heteroatoms. The van der Waals surface area contributed by atoms with Gasteiger partial charge in [-0.3, -0.25) is 4.68 Å². The van der Waals surface area contributed by atoms with E-state index in [0.717, 1.165) is 15.7 Å². The number of hydrogen-bond acceptors (Lipinski definition) is 2. The molecule has 0 amide bonds. The number of aromatic nitrogens is 2. The minimum Gasteiger partial charge on any atom is -0.388 e. The molecule has 0 saturated carbocycles. The van der Waals surface area contributed by atoms with Crippen LogP contribution in [-0.2, 0) is 7.05 Å². The maximum Gasteiger partial charge on any atom is 0.109 e. The maximum absolute atomic E-state index is 9.74. The Hall–Kier alpha value is -0.610. The van der Waals surface area contributed by atoms with Crippen molar-refractivity contribution >= 4 is 15.9 Å². The molecule has 0 saturated heterocycles. The van der Waals surface area contributed by atoms with Crippen LogP contribution in [0.4, 0.5) is 0 Å². The molecule has 1 aromatic heterocycles. The Kier molecular flexibility index (Phi) is 3.27. The van der Waals surface area contributed by atoms with Crippen molar-refractivity contribution < 1.29 is 5.11 Å². The minimum absolute atomic E-state index is 0.513. The lowest BCUT2D eigenvalue weighted by atomic mass is 10.1. The molecule has 1 N–H and O–H groups in total. The van der Waals surface area contributed by atoms with Gasteiger partial charge in [-0.2, -0.15) is 5.10 Å². The Morgan fingerprint density at radius 1 is 1.85 bits per heavy atom. The van der Waals surface area contributed by atoms with Crippen LogP contribution in [0.1, 0.15) is 25.0 Å². The molecule has 1 heterocycles. The fraction of sp³-hybridized carbons (Fsp3) is 0.444. The third kappa shape index (κ3) is 2.42. The third-order valence-electron chi connectivity index (χ3n) is 1.79. The van der Waals surface area contributed by atoms with Crippen molar-refractivity contribution in [2.45, 2.75) is 19.4 Å². The van der Waals surface area contributed by atoms with E-state index in [1.165, 1.54) is 0 Å². The van der Waals surface area contributed by atoms with Crippen LogP contribution in [0.15, 0.2) is 23.0 Å². The highest BCUT2D eigenvalue weighted by Gasteiger charge is 2.14. The van der Waals surface area contributed by atoms with Crippen LogP contribution in [0.25, 0.3) is 0 Å². The van der Waals surface area contributed by atoms with Gasteiger partial charge in [0.05, 0.1) is 12.3 Å². The Balaban J connectivity index is 2.82. The van der Waals surface area contributed by atoms with E-state index in [1.54, 1.807) is 10.9 Å². The van der Waals surface area contributed by atoms with Gasteiger partial charge in [-0.1, -0.05) is 5.57 Å². The zero-order valence-electron chi connectivity index (χ0n) is 7.79. The summed E-state index contributed by atoms with van der Waals surface area (Å²) in [6.45, 7) is 5.65. The van der Waals surface area contributed by atoms with Crippen molar-refractivity contribution in [3.63, 3.8) is 0 Å². The average molecular weight is 245 g/mol. The third-order valence-corrected chi connectivity index (χ3v) is 2.76. The molecular weight excluding hydrogens is 232 g/mol. The number of rotatable bonds is 3. The van der Waals surface area contributed by atoms with Gasteiger partial charge in [-0.25, -0.2) is 0 Å². The van der Waals surface area contributed by atoms with Crippen LogP contribution in [0.3, 0.4) is 0 Å². The molecule has 0 aromatic carbocycles. The molecule has 0 aliphatic carbocycles. The fourth-order valence-corrected chi connectivity index (χ4v) is 1.56. The lowest BCUT2D eigenvalue weighted by Gasteiger charge is -2.08. The summed E-state index contributed by atoms with van der Waals surface area (Å²) in [5.74, 6) is 0. The van der Waals surface area contributed by atoms with Gasteiger partial charge in [-0.05, 0) is 29.3 Å². The normalized spacial score (nSPS) is 12.9. The standard InChI is InChI=1S/C9H13BrN2O/c1-6(2)4-8(13)7-5-11-12(3)9(7)10/h5,8,13H,1,4H2,2-3H3. The summed E-state index contributed by atoms with van der Waals surface area (Å²) in [5.41, 5.74) is 1.77. The summed E-state index contributed by atoms with van der Waals surface area (Å²) in [6.07, 6.45) is 1.72. The summed E-state index contributed by atoms with van der Waals surface area (Å²) in [6, 6.07) is 0. The topological polar surface area (TPSA) is 38.1 Å². The maximum atomic E-state index is 9.74. The molecule has 0 fully saturated rings. The Labute approximate surface area is 86.2 Å². The molecule has 1 rings (SSSR count). The molecule has 0 aliphatic rings. The van der Waals surface area contributed by atoms with Gasteiger partial charge >= 0.3 is 0 Å². The van der Waals surface area contributed by atoms with E-state index < -0.39 is 6.10 Å². The number of aliphatic hydroxyl groups is 1.